The SMILES string of the molecule is NC1=N[C@@H](CCc2ccc(N)cc2)CO1.O=C(O)C1(C(F)(F)F)CC1. The van der Waals surface area contributed by atoms with E-state index < -0.39 is 17.6 Å². The molecule has 6 nitrogen and oxygen atoms in total. The van der Waals surface area contributed by atoms with Gasteiger partial charge in [-0.2, -0.15) is 13.2 Å². The van der Waals surface area contributed by atoms with Crippen molar-refractivity contribution in [3.8, 4) is 0 Å². The summed E-state index contributed by atoms with van der Waals surface area (Å²) >= 11 is 0. The zero-order valence-electron chi connectivity index (χ0n) is 13.4. The number of benzene rings is 1. The van der Waals surface area contributed by atoms with E-state index in [0.29, 0.717) is 12.6 Å². The number of aliphatic carboxylic acids is 1. The van der Waals surface area contributed by atoms with Crippen molar-refractivity contribution < 1.29 is 27.8 Å². The fourth-order valence-corrected chi connectivity index (χ4v) is 2.35. The molecule has 0 spiro atoms. The van der Waals surface area contributed by atoms with E-state index in [1.54, 1.807) is 0 Å². The standard InChI is InChI=1S/C11H15N3O.C5H5F3O2/c12-9-4-1-8(2-5-9)3-6-10-7-15-11(13)14-10;6-5(7,8)4(1-2-4)3(9)10/h1-2,4-5,10H,3,6-7,12H2,(H2,13,14);1-2H2,(H,9,10)/t10-;/m0./s1. The van der Waals surface area contributed by atoms with Crippen LogP contribution in [0.15, 0.2) is 29.3 Å². The first-order chi connectivity index (χ1) is 11.6. The average molecular weight is 359 g/mol. The van der Waals surface area contributed by atoms with Gasteiger partial charge in [-0.15, -0.1) is 0 Å². The number of nitrogens with zero attached hydrogens (tertiary/aromatic N) is 1. The Kier molecular flexibility index (Phi) is 5.44. The van der Waals surface area contributed by atoms with Gasteiger partial charge in [0.1, 0.15) is 6.61 Å². The van der Waals surface area contributed by atoms with E-state index in [-0.39, 0.29) is 18.9 Å². The van der Waals surface area contributed by atoms with E-state index in [2.05, 4.69) is 4.99 Å². The third kappa shape index (κ3) is 4.77. The largest absolute Gasteiger partial charge is 0.481 e. The molecular weight excluding hydrogens is 339 g/mol. The Morgan fingerprint density at radius 2 is 1.88 bits per heavy atom. The second-order valence-electron chi connectivity index (χ2n) is 6.10. The minimum atomic E-state index is -4.57. The highest BCUT2D eigenvalue weighted by molar-refractivity contribution is 5.78. The summed E-state index contributed by atoms with van der Waals surface area (Å²) in [6.07, 6.45) is -3.17. The normalized spacial score (nSPS) is 20.8. The Balaban J connectivity index is 0.000000196. The highest BCUT2D eigenvalue weighted by atomic mass is 19.4. The van der Waals surface area contributed by atoms with Gasteiger partial charge in [-0.1, -0.05) is 12.1 Å². The summed E-state index contributed by atoms with van der Waals surface area (Å²) in [7, 11) is 0. The molecule has 1 aliphatic heterocycles. The van der Waals surface area contributed by atoms with Gasteiger partial charge in [0.05, 0.1) is 6.04 Å². The summed E-state index contributed by atoms with van der Waals surface area (Å²) in [6.45, 7) is 0.612. The van der Waals surface area contributed by atoms with Crippen LogP contribution >= 0.6 is 0 Å². The molecule has 1 fully saturated rings. The lowest BCUT2D eigenvalue weighted by molar-refractivity contribution is -0.202. The van der Waals surface area contributed by atoms with Crippen molar-refractivity contribution in [2.75, 3.05) is 12.3 Å². The van der Waals surface area contributed by atoms with Crippen LogP contribution in [0.3, 0.4) is 0 Å². The summed E-state index contributed by atoms with van der Waals surface area (Å²) in [4.78, 5) is 14.2. The Morgan fingerprint density at radius 1 is 1.28 bits per heavy atom. The molecule has 1 aromatic carbocycles. The molecule has 5 N–H and O–H groups in total. The van der Waals surface area contributed by atoms with Crippen molar-refractivity contribution in [1.29, 1.82) is 0 Å². The number of nitrogen functional groups attached to an aromatic ring is 1. The number of rotatable bonds is 4. The first kappa shape index (κ1) is 18.9. The van der Waals surface area contributed by atoms with Crippen LogP contribution in [0.4, 0.5) is 18.9 Å². The van der Waals surface area contributed by atoms with Crippen molar-refractivity contribution in [1.82, 2.24) is 0 Å². The van der Waals surface area contributed by atoms with Crippen molar-refractivity contribution in [3.05, 3.63) is 29.8 Å². The third-order valence-corrected chi connectivity index (χ3v) is 4.18. The number of ether oxygens (including phenoxy) is 1. The number of hydrogen-bond donors (Lipinski definition) is 3. The van der Waals surface area contributed by atoms with E-state index in [0.717, 1.165) is 18.5 Å². The van der Waals surface area contributed by atoms with E-state index in [1.165, 1.54) is 5.56 Å². The molecule has 1 saturated carbocycles. The summed E-state index contributed by atoms with van der Waals surface area (Å²) in [6, 6.07) is 8.44. The lowest BCUT2D eigenvalue weighted by Crippen LogP contribution is -2.32. The lowest BCUT2D eigenvalue weighted by atomic mass is 10.1. The summed E-state index contributed by atoms with van der Waals surface area (Å²) < 4.78 is 40.4. The second kappa shape index (κ2) is 7.20. The quantitative estimate of drug-likeness (QED) is 0.715. The fraction of sp³-hybridized carbons (Fsp3) is 0.500. The van der Waals surface area contributed by atoms with Crippen LogP contribution in [0.25, 0.3) is 0 Å². The number of alkyl halides is 3. The highest BCUT2D eigenvalue weighted by Gasteiger charge is 2.69. The number of amidine groups is 1. The van der Waals surface area contributed by atoms with Crippen molar-refractivity contribution in [2.24, 2.45) is 16.1 Å². The maximum Gasteiger partial charge on any atom is 0.404 e. The van der Waals surface area contributed by atoms with Gasteiger partial charge in [0.15, 0.2) is 5.41 Å². The predicted octanol–water partition coefficient (Wildman–Crippen LogP) is 2.33. The number of aryl methyl sites for hydroxylation is 1. The van der Waals surface area contributed by atoms with Crippen LogP contribution in [0.1, 0.15) is 24.8 Å². The highest BCUT2D eigenvalue weighted by Crippen LogP contribution is 2.57. The van der Waals surface area contributed by atoms with Crippen LogP contribution in [-0.2, 0) is 16.0 Å². The molecule has 0 radical (unpaired) electrons. The molecule has 1 atom stereocenters. The first-order valence-corrected chi connectivity index (χ1v) is 7.75. The molecule has 0 amide bonds. The number of anilines is 1. The molecule has 9 heteroatoms. The molecule has 25 heavy (non-hydrogen) atoms. The third-order valence-electron chi connectivity index (χ3n) is 4.18. The van der Waals surface area contributed by atoms with Gasteiger partial charge in [0, 0.05) is 5.69 Å². The molecule has 1 aromatic rings. The van der Waals surface area contributed by atoms with Crippen molar-refractivity contribution in [2.45, 2.75) is 37.9 Å². The summed E-state index contributed by atoms with van der Waals surface area (Å²) in [5.74, 6) is -1.75. The molecule has 0 aromatic heterocycles. The molecule has 1 heterocycles. The van der Waals surface area contributed by atoms with Gasteiger partial charge in [-0.05, 0) is 43.4 Å². The van der Waals surface area contributed by atoms with Crippen molar-refractivity contribution in [3.63, 3.8) is 0 Å². The number of carbonyl (C=O) groups is 1. The van der Waals surface area contributed by atoms with Crippen molar-refractivity contribution >= 4 is 17.7 Å². The fourth-order valence-electron chi connectivity index (χ4n) is 2.35. The van der Waals surface area contributed by atoms with Gasteiger partial charge < -0.3 is 21.3 Å². The Labute approximate surface area is 142 Å². The Bertz CT molecular complexity index is 640. The topological polar surface area (TPSA) is 111 Å². The zero-order chi connectivity index (χ0) is 18.7. The molecule has 2 aliphatic rings. The molecular formula is C16H20F3N3O3. The predicted molar refractivity (Wildman–Crippen MR) is 85.9 cm³/mol. The molecule has 0 bridgehead atoms. The average Bonchev–Trinajstić information content (AvgIpc) is 3.26. The maximum absolute atomic E-state index is 11.8. The van der Waals surface area contributed by atoms with Crippen LogP contribution < -0.4 is 11.5 Å². The molecule has 0 saturated heterocycles. The number of hydrogen-bond acceptors (Lipinski definition) is 5. The molecule has 0 unspecified atom stereocenters. The lowest BCUT2D eigenvalue weighted by Gasteiger charge is -2.12. The summed E-state index contributed by atoms with van der Waals surface area (Å²) in [5, 5.41) is 8.12. The van der Waals surface area contributed by atoms with Gasteiger partial charge in [0.25, 0.3) is 6.02 Å². The summed E-state index contributed by atoms with van der Waals surface area (Å²) in [5.41, 5.74) is 10.7. The number of aliphatic imine (C=N–C) groups is 1. The first-order valence-electron chi connectivity index (χ1n) is 7.75. The zero-order valence-corrected chi connectivity index (χ0v) is 13.4. The second-order valence-corrected chi connectivity index (χ2v) is 6.10. The maximum atomic E-state index is 11.8. The van der Waals surface area contributed by atoms with E-state index in [9.17, 15) is 18.0 Å². The number of carboxylic acids is 1. The molecule has 1 aliphatic carbocycles. The molecule has 3 rings (SSSR count). The number of carboxylic acid groups (broad SMARTS) is 1. The minimum Gasteiger partial charge on any atom is -0.481 e. The number of nitrogens with two attached hydrogens (primary N) is 2. The van der Waals surface area contributed by atoms with E-state index >= 15 is 0 Å². The van der Waals surface area contributed by atoms with Gasteiger partial charge in [0.2, 0.25) is 0 Å². The van der Waals surface area contributed by atoms with Gasteiger partial charge in [-0.3, -0.25) is 4.79 Å². The number of halogens is 3. The van der Waals surface area contributed by atoms with Gasteiger partial charge in [-0.25, -0.2) is 4.99 Å². The van der Waals surface area contributed by atoms with Gasteiger partial charge >= 0.3 is 12.1 Å². The van der Waals surface area contributed by atoms with Crippen LogP contribution in [0.5, 0.6) is 0 Å². The van der Waals surface area contributed by atoms with Crippen LogP contribution in [-0.4, -0.2) is 35.9 Å². The smallest absolute Gasteiger partial charge is 0.404 e. The Hall–Kier alpha value is -2.45. The molecule has 138 valence electrons. The minimum absolute atomic E-state index is 0.211. The monoisotopic (exact) mass is 359 g/mol. The van der Waals surface area contributed by atoms with Crippen LogP contribution in [0.2, 0.25) is 0 Å². The van der Waals surface area contributed by atoms with Crippen LogP contribution in [0, 0.1) is 5.41 Å². The Morgan fingerprint density at radius 3 is 2.24 bits per heavy atom. The van der Waals surface area contributed by atoms with E-state index in [1.807, 2.05) is 24.3 Å². The van der Waals surface area contributed by atoms with E-state index in [4.69, 9.17) is 21.3 Å².